The van der Waals surface area contributed by atoms with Crippen molar-refractivity contribution < 1.29 is 10.1 Å². The Hall–Kier alpha value is -0.760. The van der Waals surface area contributed by atoms with Gasteiger partial charge in [0.2, 0.25) is 0 Å². The summed E-state index contributed by atoms with van der Waals surface area (Å²) >= 11 is 0. The molecule has 0 rings (SSSR count). The van der Waals surface area contributed by atoms with E-state index in [0.717, 1.165) is 0 Å². The first-order valence-electron chi connectivity index (χ1n) is 2.37. The van der Waals surface area contributed by atoms with Crippen LogP contribution in [-0.4, -0.2) is 5.26 Å². The molecule has 0 radical (unpaired) electrons. The number of allylic oxidation sites excluding steroid dienone is 3. The molecule has 0 saturated carbocycles. The standard InChI is InChI=1S/C6H10O2/c1-6(2)4-3-5-8-7/h3-5,7H,1-2H3. The molecule has 0 aliphatic heterocycles. The van der Waals surface area contributed by atoms with E-state index in [9.17, 15) is 0 Å². The molecule has 0 aliphatic carbocycles. The third-order valence-electron chi connectivity index (χ3n) is 0.569. The molecule has 0 aromatic rings. The summed E-state index contributed by atoms with van der Waals surface area (Å²) in [5.41, 5.74) is 1.17. The van der Waals surface area contributed by atoms with Gasteiger partial charge in [0, 0.05) is 0 Å². The van der Waals surface area contributed by atoms with Crippen LogP contribution in [0.25, 0.3) is 0 Å². The summed E-state index contributed by atoms with van der Waals surface area (Å²) in [6, 6.07) is 0. The van der Waals surface area contributed by atoms with E-state index in [0.29, 0.717) is 0 Å². The quantitative estimate of drug-likeness (QED) is 0.257. The Morgan fingerprint density at radius 1 is 1.50 bits per heavy atom. The number of hydrogen-bond donors (Lipinski definition) is 1. The first kappa shape index (κ1) is 7.24. The largest absolute Gasteiger partial charge is 0.348 e. The van der Waals surface area contributed by atoms with Gasteiger partial charge in [-0.15, -0.1) is 0 Å². The molecule has 0 heterocycles. The Morgan fingerprint density at radius 2 is 2.12 bits per heavy atom. The van der Waals surface area contributed by atoms with Gasteiger partial charge in [0.05, 0.1) is 0 Å². The molecule has 0 aromatic heterocycles. The molecule has 0 aliphatic rings. The SMILES string of the molecule is CC(C)=CC=COO. The van der Waals surface area contributed by atoms with E-state index in [1.807, 2.05) is 19.9 Å². The van der Waals surface area contributed by atoms with Crippen molar-refractivity contribution in [1.29, 1.82) is 0 Å². The zero-order chi connectivity index (χ0) is 6.41. The molecule has 0 atom stereocenters. The van der Waals surface area contributed by atoms with Crippen molar-refractivity contribution in [3.8, 4) is 0 Å². The van der Waals surface area contributed by atoms with Gasteiger partial charge in [-0.3, -0.25) is 0 Å². The lowest BCUT2D eigenvalue weighted by atomic mass is 10.3. The van der Waals surface area contributed by atoms with E-state index in [1.54, 1.807) is 6.08 Å². The van der Waals surface area contributed by atoms with Crippen LogP contribution in [0.5, 0.6) is 0 Å². The zero-order valence-corrected chi connectivity index (χ0v) is 5.09. The van der Waals surface area contributed by atoms with Crippen LogP contribution in [0.2, 0.25) is 0 Å². The van der Waals surface area contributed by atoms with E-state index < -0.39 is 0 Å². The fourth-order valence-electron chi connectivity index (χ4n) is 0.267. The summed E-state index contributed by atoms with van der Waals surface area (Å²) in [6.07, 6.45) is 4.65. The Kier molecular flexibility index (Phi) is 3.98. The second kappa shape index (κ2) is 4.40. The minimum atomic E-state index is 1.17. The van der Waals surface area contributed by atoms with Crippen LogP contribution in [0.3, 0.4) is 0 Å². The number of rotatable bonds is 2. The van der Waals surface area contributed by atoms with E-state index >= 15 is 0 Å². The zero-order valence-electron chi connectivity index (χ0n) is 5.09. The van der Waals surface area contributed by atoms with Crippen molar-refractivity contribution in [2.45, 2.75) is 13.8 Å². The van der Waals surface area contributed by atoms with Gasteiger partial charge >= 0.3 is 0 Å². The fraction of sp³-hybridized carbons (Fsp3) is 0.333. The Labute approximate surface area is 49.0 Å². The van der Waals surface area contributed by atoms with Crippen molar-refractivity contribution in [1.82, 2.24) is 0 Å². The highest BCUT2D eigenvalue weighted by Crippen LogP contribution is 1.87. The minimum absolute atomic E-state index is 1.17. The first-order valence-corrected chi connectivity index (χ1v) is 2.37. The van der Waals surface area contributed by atoms with E-state index in [4.69, 9.17) is 5.26 Å². The van der Waals surface area contributed by atoms with Gasteiger partial charge in [-0.1, -0.05) is 11.6 Å². The van der Waals surface area contributed by atoms with Crippen molar-refractivity contribution in [2.75, 3.05) is 0 Å². The number of hydrogen-bond acceptors (Lipinski definition) is 2. The predicted molar refractivity (Wildman–Crippen MR) is 32.3 cm³/mol. The maximum absolute atomic E-state index is 7.76. The molecular weight excluding hydrogens is 104 g/mol. The minimum Gasteiger partial charge on any atom is -0.348 e. The average Bonchev–Trinajstić information content (AvgIpc) is 1.66. The van der Waals surface area contributed by atoms with Crippen LogP contribution in [0.4, 0.5) is 0 Å². The molecule has 0 spiro atoms. The van der Waals surface area contributed by atoms with Crippen LogP contribution in [0.15, 0.2) is 24.0 Å². The lowest BCUT2D eigenvalue weighted by molar-refractivity contribution is -0.186. The van der Waals surface area contributed by atoms with Gasteiger partial charge < -0.3 is 4.89 Å². The van der Waals surface area contributed by atoms with Gasteiger partial charge in [0.15, 0.2) is 0 Å². The average molecular weight is 114 g/mol. The molecule has 0 saturated heterocycles. The molecule has 2 nitrogen and oxygen atoms in total. The van der Waals surface area contributed by atoms with Crippen LogP contribution in [0, 0.1) is 0 Å². The van der Waals surface area contributed by atoms with Gasteiger partial charge in [-0.05, 0) is 19.9 Å². The summed E-state index contributed by atoms with van der Waals surface area (Å²) in [7, 11) is 0. The molecule has 8 heavy (non-hydrogen) atoms. The normalized spacial score (nSPS) is 9.38. The van der Waals surface area contributed by atoms with E-state index in [1.165, 1.54) is 11.8 Å². The summed E-state index contributed by atoms with van der Waals surface area (Å²) < 4.78 is 0. The van der Waals surface area contributed by atoms with Crippen molar-refractivity contribution >= 4 is 0 Å². The second-order valence-electron chi connectivity index (χ2n) is 1.68. The highest BCUT2D eigenvalue weighted by Gasteiger charge is 1.68. The van der Waals surface area contributed by atoms with Gasteiger partial charge in [-0.2, -0.15) is 0 Å². The van der Waals surface area contributed by atoms with Crippen molar-refractivity contribution in [3.63, 3.8) is 0 Å². The Bertz CT molecular complexity index is 99.1. The topological polar surface area (TPSA) is 29.5 Å². The highest BCUT2D eigenvalue weighted by atomic mass is 17.1. The van der Waals surface area contributed by atoms with E-state index in [2.05, 4.69) is 4.89 Å². The van der Waals surface area contributed by atoms with Crippen LogP contribution >= 0.6 is 0 Å². The third-order valence-corrected chi connectivity index (χ3v) is 0.569. The molecular formula is C6H10O2. The maximum atomic E-state index is 7.76. The molecule has 0 bridgehead atoms. The lowest BCUT2D eigenvalue weighted by Gasteiger charge is -1.81. The highest BCUT2D eigenvalue weighted by molar-refractivity contribution is 5.05. The second-order valence-corrected chi connectivity index (χ2v) is 1.68. The van der Waals surface area contributed by atoms with Crippen molar-refractivity contribution in [3.05, 3.63) is 24.0 Å². The molecule has 2 heteroatoms. The van der Waals surface area contributed by atoms with Crippen LogP contribution in [0.1, 0.15) is 13.8 Å². The monoisotopic (exact) mass is 114 g/mol. The Morgan fingerprint density at radius 3 is 2.50 bits per heavy atom. The summed E-state index contributed by atoms with van der Waals surface area (Å²) in [4.78, 5) is 3.67. The van der Waals surface area contributed by atoms with E-state index in [-0.39, 0.29) is 0 Å². The maximum Gasteiger partial charge on any atom is 0.129 e. The van der Waals surface area contributed by atoms with Gasteiger partial charge in [0.1, 0.15) is 6.26 Å². The smallest absolute Gasteiger partial charge is 0.129 e. The van der Waals surface area contributed by atoms with Crippen molar-refractivity contribution in [2.24, 2.45) is 0 Å². The molecule has 0 unspecified atom stereocenters. The fourth-order valence-corrected chi connectivity index (χ4v) is 0.267. The molecule has 1 N–H and O–H groups in total. The first-order chi connectivity index (χ1) is 3.77. The molecule has 0 aromatic carbocycles. The molecule has 0 amide bonds. The van der Waals surface area contributed by atoms with Crippen LogP contribution < -0.4 is 0 Å². The summed E-state index contributed by atoms with van der Waals surface area (Å²) in [6.45, 7) is 3.92. The summed E-state index contributed by atoms with van der Waals surface area (Å²) in [5, 5.41) is 7.76. The predicted octanol–water partition coefficient (Wildman–Crippen LogP) is 1.96. The van der Waals surface area contributed by atoms with Gasteiger partial charge in [-0.25, -0.2) is 5.26 Å². The molecule has 0 fully saturated rings. The summed E-state index contributed by atoms with van der Waals surface area (Å²) in [5.74, 6) is 0. The van der Waals surface area contributed by atoms with Crippen LogP contribution in [-0.2, 0) is 4.89 Å². The lowest BCUT2D eigenvalue weighted by Crippen LogP contribution is -1.64. The third kappa shape index (κ3) is 5.24. The Balaban J connectivity index is 3.42. The molecule has 46 valence electrons. The van der Waals surface area contributed by atoms with Gasteiger partial charge in [0.25, 0.3) is 0 Å².